The second-order valence-electron chi connectivity index (χ2n) is 3.20. The summed E-state index contributed by atoms with van der Waals surface area (Å²) in [5.74, 6) is 0.875. The standard InChI is InChI=1S/C9H10O/c1-2-9-4-3-7(6-9)5-8(9)10/h2-4,7H,1,5-6H2. The molecule has 2 atom stereocenters. The first-order chi connectivity index (χ1) is 4.77. The van der Waals surface area contributed by atoms with Crippen LogP contribution in [0.25, 0.3) is 0 Å². The Hall–Kier alpha value is -0.850. The van der Waals surface area contributed by atoms with E-state index >= 15 is 0 Å². The molecule has 1 nitrogen and oxygen atoms in total. The minimum Gasteiger partial charge on any atom is -0.298 e. The predicted octanol–water partition coefficient (Wildman–Crippen LogP) is 1.71. The summed E-state index contributed by atoms with van der Waals surface area (Å²) >= 11 is 0. The van der Waals surface area contributed by atoms with Gasteiger partial charge in [0, 0.05) is 6.42 Å². The van der Waals surface area contributed by atoms with E-state index in [2.05, 4.69) is 12.7 Å². The highest BCUT2D eigenvalue weighted by atomic mass is 16.1. The SMILES string of the molecule is C=CC12C=CC(CC1=O)C2. The molecular weight excluding hydrogens is 124 g/mol. The Morgan fingerprint density at radius 2 is 2.60 bits per heavy atom. The molecule has 0 spiro atoms. The van der Waals surface area contributed by atoms with E-state index in [0.29, 0.717) is 11.7 Å². The summed E-state index contributed by atoms with van der Waals surface area (Å²) in [6, 6.07) is 0. The number of rotatable bonds is 1. The molecule has 2 bridgehead atoms. The molecule has 0 aliphatic heterocycles. The molecule has 0 radical (unpaired) electrons. The molecule has 0 saturated heterocycles. The number of carbonyl (C=O) groups is 1. The monoisotopic (exact) mass is 134 g/mol. The summed E-state index contributed by atoms with van der Waals surface area (Å²) in [4.78, 5) is 11.3. The smallest absolute Gasteiger partial charge is 0.147 e. The highest BCUT2D eigenvalue weighted by Gasteiger charge is 2.45. The third-order valence-electron chi connectivity index (χ3n) is 2.60. The minimum absolute atomic E-state index is 0.245. The van der Waals surface area contributed by atoms with Gasteiger partial charge in [-0.25, -0.2) is 0 Å². The van der Waals surface area contributed by atoms with E-state index < -0.39 is 0 Å². The van der Waals surface area contributed by atoms with Crippen LogP contribution in [0.1, 0.15) is 12.8 Å². The summed E-state index contributed by atoms with van der Waals surface area (Å²) < 4.78 is 0. The summed E-state index contributed by atoms with van der Waals surface area (Å²) in [7, 11) is 0. The molecule has 0 N–H and O–H groups in total. The first-order valence-electron chi connectivity index (χ1n) is 3.63. The molecule has 0 heterocycles. The Morgan fingerprint density at radius 3 is 2.90 bits per heavy atom. The second kappa shape index (κ2) is 1.60. The van der Waals surface area contributed by atoms with E-state index in [1.165, 1.54) is 0 Å². The van der Waals surface area contributed by atoms with Crippen LogP contribution >= 0.6 is 0 Å². The van der Waals surface area contributed by atoms with Crippen LogP contribution in [0.4, 0.5) is 0 Å². The number of carbonyl (C=O) groups excluding carboxylic acids is 1. The zero-order chi connectivity index (χ0) is 7.19. The van der Waals surface area contributed by atoms with E-state index in [1.807, 2.05) is 6.08 Å². The third-order valence-corrected chi connectivity index (χ3v) is 2.60. The molecule has 0 aromatic heterocycles. The molecule has 0 aromatic carbocycles. The molecule has 2 rings (SSSR count). The van der Waals surface area contributed by atoms with Gasteiger partial charge in [-0.05, 0) is 12.3 Å². The first kappa shape index (κ1) is 5.90. The number of fused-ring (bicyclic) bond motifs is 2. The fourth-order valence-corrected chi connectivity index (χ4v) is 1.92. The molecule has 2 unspecified atom stereocenters. The van der Waals surface area contributed by atoms with Gasteiger partial charge in [0.25, 0.3) is 0 Å². The van der Waals surface area contributed by atoms with Gasteiger partial charge in [0.1, 0.15) is 5.78 Å². The van der Waals surface area contributed by atoms with Crippen LogP contribution in [0.3, 0.4) is 0 Å². The van der Waals surface area contributed by atoms with Gasteiger partial charge in [-0.1, -0.05) is 18.2 Å². The largest absolute Gasteiger partial charge is 0.298 e. The van der Waals surface area contributed by atoms with Gasteiger partial charge in [0.15, 0.2) is 0 Å². The zero-order valence-electron chi connectivity index (χ0n) is 5.84. The second-order valence-corrected chi connectivity index (χ2v) is 3.20. The number of Topliss-reactive ketones (excluding diaryl/α,β-unsaturated/α-hetero) is 1. The lowest BCUT2D eigenvalue weighted by molar-refractivity contribution is -0.122. The van der Waals surface area contributed by atoms with Crippen molar-refractivity contribution in [2.75, 3.05) is 0 Å². The Kier molecular flexibility index (Phi) is 0.942. The van der Waals surface area contributed by atoms with E-state index in [4.69, 9.17) is 0 Å². The number of allylic oxidation sites excluding steroid dienone is 3. The highest BCUT2D eigenvalue weighted by Crippen LogP contribution is 2.46. The normalized spacial score (nSPS) is 42.8. The van der Waals surface area contributed by atoms with Gasteiger partial charge in [-0.2, -0.15) is 0 Å². The predicted molar refractivity (Wildman–Crippen MR) is 39.5 cm³/mol. The van der Waals surface area contributed by atoms with E-state index in [1.54, 1.807) is 6.08 Å². The Bertz CT molecular complexity index is 227. The summed E-state index contributed by atoms with van der Waals surface area (Å²) in [6.45, 7) is 3.69. The summed E-state index contributed by atoms with van der Waals surface area (Å²) in [5.41, 5.74) is -0.245. The number of ketones is 1. The van der Waals surface area contributed by atoms with Crippen molar-refractivity contribution in [3.63, 3.8) is 0 Å². The van der Waals surface area contributed by atoms with Crippen molar-refractivity contribution in [1.29, 1.82) is 0 Å². The minimum atomic E-state index is -0.245. The van der Waals surface area contributed by atoms with Crippen molar-refractivity contribution >= 4 is 5.78 Å². The van der Waals surface area contributed by atoms with E-state index in [0.717, 1.165) is 12.8 Å². The molecule has 1 heteroatoms. The van der Waals surface area contributed by atoms with Crippen LogP contribution in [0.5, 0.6) is 0 Å². The van der Waals surface area contributed by atoms with Crippen LogP contribution in [0, 0.1) is 11.3 Å². The van der Waals surface area contributed by atoms with Crippen molar-refractivity contribution < 1.29 is 4.79 Å². The van der Waals surface area contributed by atoms with E-state index in [9.17, 15) is 4.79 Å². The van der Waals surface area contributed by atoms with Gasteiger partial charge in [0.2, 0.25) is 0 Å². The maximum atomic E-state index is 11.3. The van der Waals surface area contributed by atoms with Gasteiger partial charge < -0.3 is 0 Å². The van der Waals surface area contributed by atoms with Crippen molar-refractivity contribution in [3.8, 4) is 0 Å². The van der Waals surface area contributed by atoms with Gasteiger partial charge >= 0.3 is 0 Å². The van der Waals surface area contributed by atoms with Crippen LogP contribution in [-0.2, 0) is 4.79 Å². The zero-order valence-corrected chi connectivity index (χ0v) is 5.84. The highest BCUT2D eigenvalue weighted by molar-refractivity contribution is 5.92. The van der Waals surface area contributed by atoms with Crippen molar-refractivity contribution in [2.45, 2.75) is 12.8 Å². The Morgan fingerprint density at radius 1 is 1.80 bits per heavy atom. The van der Waals surface area contributed by atoms with Crippen molar-refractivity contribution in [2.24, 2.45) is 11.3 Å². The molecular formula is C9H10O. The summed E-state index contributed by atoms with van der Waals surface area (Å²) in [5, 5.41) is 0. The lowest BCUT2D eigenvalue weighted by Gasteiger charge is -2.14. The molecule has 0 aromatic rings. The fourth-order valence-electron chi connectivity index (χ4n) is 1.92. The maximum Gasteiger partial charge on any atom is 0.147 e. The van der Waals surface area contributed by atoms with Gasteiger partial charge in [0.05, 0.1) is 5.41 Å². The van der Waals surface area contributed by atoms with E-state index in [-0.39, 0.29) is 5.41 Å². The lowest BCUT2D eigenvalue weighted by atomic mass is 9.87. The fraction of sp³-hybridized carbons (Fsp3) is 0.444. The summed E-state index contributed by atoms with van der Waals surface area (Å²) in [6.07, 6.45) is 7.66. The number of hydrogen-bond acceptors (Lipinski definition) is 1. The van der Waals surface area contributed by atoms with Crippen molar-refractivity contribution in [3.05, 3.63) is 24.8 Å². The average molecular weight is 134 g/mol. The molecule has 2 aliphatic rings. The average Bonchev–Trinajstić information content (AvgIpc) is 2.44. The molecule has 10 heavy (non-hydrogen) atoms. The quantitative estimate of drug-likeness (QED) is 0.499. The third kappa shape index (κ3) is 0.505. The Labute approximate surface area is 60.4 Å². The van der Waals surface area contributed by atoms with Crippen LogP contribution in [0.15, 0.2) is 24.8 Å². The lowest BCUT2D eigenvalue weighted by Crippen LogP contribution is -2.18. The molecule has 1 saturated carbocycles. The van der Waals surface area contributed by atoms with Crippen molar-refractivity contribution in [1.82, 2.24) is 0 Å². The Balaban J connectivity index is 2.45. The number of hydrogen-bond donors (Lipinski definition) is 0. The van der Waals surface area contributed by atoms with Gasteiger partial charge in [-0.3, -0.25) is 4.79 Å². The van der Waals surface area contributed by atoms with Gasteiger partial charge in [-0.15, -0.1) is 6.58 Å². The topological polar surface area (TPSA) is 17.1 Å². The molecule has 1 fully saturated rings. The molecule has 52 valence electrons. The maximum absolute atomic E-state index is 11.3. The molecule has 0 amide bonds. The van der Waals surface area contributed by atoms with Crippen LogP contribution in [-0.4, -0.2) is 5.78 Å². The van der Waals surface area contributed by atoms with Crippen LogP contribution < -0.4 is 0 Å². The van der Waals surface area contributed by atoms with Crippen LogP contribution in [0.2, 0.25) is 0 Å². The first-order valence-corrected chi connectivity index (χ1v) is 3.63. The molecule has 2 aliphatic carbocycles.